The second-order valence-electron chi connectivity index (χ2n) is 3.45. The van der Waals surface area contributed by atoms with Crippen molar-refractivity contribution in [1.82, 2.24) is 15.3 Å². The van der Waals surface area contributed by atoms with Gasteiger partial charge in [0.15, 0.2) is 0 Å². The molecule has 1 aromatic heterocycles. The van der Waals surface area contributed by atoms with Crippen LogP contribution in [0, 0.1) is 0 Å². The third kappa shape index (κ3) is 2.17. The first-order valence-corrected chi connectivity index (χ1v) is 5.11. The van der Waals surface area contributed by atoms with Gasteiger partial charge in [-0.05, 0) is 12.1 Å². The zero-order chi connectivity index (χ0) is 11.4. The van der Waals surface area contributed by atoms with Crippen molar-refractivity contribution < 1.29 is 0 Å². The molecule has 2 rings (SSSR count). The van der Waals surface area contributed by atoms with Crippen molar-refractivity contribution in [2.75, 3.05) is 6.54 Å². The van der Waals surface area contributed by atoms with Crippen LogP contribution in [-0.4, -0.2) is 16.5 Å². The molecule has 0 bridgehead atoms. The first-order valence-electron chi connectivity index (χ1n) is 5.11. The summed E-state index contributed by atoms with van der Waals surface area (Å²) < 4.78 is 0. The highest BCUT2D eigenvalue weighted by molar-refractivity contribution is 5.77. The molecule has 4 heteroatoms. The summed E-state index contributed by atoms with van der Waals surface area (Å²) in [4.78, 5) is 18.8. The monoisotopic (exact) mass is 215 g/mol. The average molecular weight is 215 g/mol. The van der Waals surface area contributed by atoms with E-state index in [4.69, 9.17) is 0 Å². The summed E-state index contributed by atoms with van der Waals surface area (Å²) in [5.74, 6) is 0.644. The minimum absolute atomic E-state index is 0.0963. The zero-order valence-corrected chi connectivity index (χ0v) is 8.86. The number of fused-ring (bicyclic) bond motifs is 1. The number of nitrogens with zero attached hydrogens (tertiary/aromatic N) is 1. The van der Waals surface area contributed by atoms with Crippen molar-refractivity contribution in [1.29, 1.82) is 0 Å². The van der Waals surface area contributed by atoms with Crippen LogP contribution in [-0.2, 0) is 6.54 Å². The molecule has 4 nitrogen and oxygen atoms in total. The van der Waals surface area contributed by atoms with E-state index in [0.29, 0.717) is 24.3 Å². The number of aromatic amines is 1. The minimum Gasteiger partial charge on any atom is -0.309 e. The molecule has 2 aromatic rings. The van der Waals surface area contributed by atoms with Crippen LogP contribution in [0.5, 0.6) is 0 Å². The van der Waals surface area contributed by atoms with Gasteiger partial charge in [0.25, 0.3) is 5.56 Å². The van der Waals surface area contributed by atoms with Crippen LogP contribution in [0.15, 0.2) is 41.7 Å². The van der Waals surface area contributed by atoms with Crippen LogP contribution in [0.25, 0.3) is 10.9 Å². The zero-order valence-electron chi connectivity index (χ0n) is 8.86. The van der Waals surface area contributed by atoms with Crippen LogP contribution in [0.1, 0.15) is 5.82 Å². The van der Waals surface area contributed by atoms with Crippen LogP contribution < -0.4 is 10.9 Å². The van der Waals surface area contributed by atoms with Gasteiger partial charge >= 0.3 is 0 Å². The number of hydrogen-bond acceptors (Lipinski definition) is 3. The number of para-hydroxylation sites is 1. The lowest BCUT2D eigenvalue weighted by molar-refractivity contribution is 0.717. The van der Waals surface area contributed by atoms with Crippen LogP contribution in [0.4, 0.5) is 0 Å². The molecule has 0 saturated carbocycles. The van der Waals surface area contributed by atoms with E-state index in [2.05, 4.69) is 21.9 Å². The Balaban J connectivity index is 2.34. The molecule has 16 heavy (non-hydrogen) atoms. The predicted molar refractivity (Wildman–Crippen MR) is 64.3 cm³/mol. The Kier molecular flexibility index (Phi) is 3.12. The van der Waals surface area contributed by atoms with E-state index in [1.54, 1.807) is 12.1 Å². The Morgan fingerprint density at radius 3 is 3.06 bits per heavy atom. The van der Waals surface area contributed by atoms with E-state index in [1.165, 1.54) is 0 Å². The molecule has 0 saturated heterocycles. The SMILES string of the molecule is C=CCNCc1nc2ccccc2c(=O)[nH]1. The summed E-state index contributed by atoms with van der Waals surface area (Å²) in [6.07, 6.45) is 1.76. The highest BCUT2D eigenvalue weighted by Crippen LogP contribution is 2.05. The summed E-state index contributed by atoms with van der Waals surface area (Å²) in [5, 5.41) is 3.71. The number of H-pyrrole nitrogens is 1. The lowest BCUT2D eigenvalue weighted by Gasteiger charge is -2.03. The largest absolute Gasteiger partial charge is 0.309 e. The van der Waals surface area contributed by atoms with Gasteiger partial charge in [-0.3, -0.25) is 4.79 Å². The van der Waals surface area contributed by atoms with Gasteiger partial charge in [0.2, 0.25) is 0 Å². The van der Waals surface area contributed by atoms with Crippen LogP contribution in [0.3, 0.4) is 0 Å². The van der Waals surface area contributed by atoms with Gasteiger partial charge in [0.1, 0.15) is 5.82 Å². The van der Waals surface area contributed by atoms with Crippen molar-refractivity contribution in [3.05, 3.63) is 53.1 Å². The lowest BCUT2D eigenvalue weighted by Crippen LogP contribution is -2.19. The van der Waals surface area contributed by atoms with E-state index in [0.717, 1.165) is 5.52 Å². The van der Waals surface area contributed by atoms with E-state index in [9.17, 15) is 4.79 Å². The number of hydrogen-bond donors (Lipinski definition) is 2. The maximum atomic E-state index is 11.7. The van der Waals surface area contributed by atoms with Crippen molar-refractivity contribution in [2.45, 2.75) is 6.54 Å². The number of aromatic nitrogens is 2. The minimum atomic E-state index is -0.0963. The Bertz CT molecular complexity index is 559. The summed E-state index contributed by atoms with van der Waals surface area (Å²) >= 11 is 0. The molecule has 0 spiro atoms. The van der Waals surface area contributed by atoms with Crippen LogP contribution in [0.2, 0.25) is 0 Å². The van der Waals surface area contributed by atoms with E-state index in [-0.39, 0.29) is 5.56 Å². The summed E-state index contributed by atoms with van der Waals surface area (Å²) in [7, 11) is 0. The average Bonchev–Trinajstić information content (AvgIpc) is 2.30. The highest BCUT2D eigenvalue weighted by Gasteiger charge is 2.01. The normalized spacial score (nSPS) is 10.5. The molecule has 2 N–H and O–H groups in total. The molecular weight excluding hydrogens is 202 g/mol. The van der Waals surface area contributed by atoms with Gasteiger partial charge in [-0.1, -0.05) is 18.2 Å². The maximum Gasteiger partial charge on any atom is 0.258 e. The lowest BCUT2D eigenvalue weighted by atomic mass is 10.2. The van der Waals surface area contributed by atoms with Crippen molar-refractivity contribution in [3.8, 4) is 0 Å². The first kappa shape index (κ1) is 10.6. The second-order valence-corrected chi connectivity index (χ2v) is 3.45. The van der Waals surface area contributed by atoms with Gasteiger partial charge < -0.3 is 10.3 Å². The standard InChI is InChI=1S/C12H13N3O/c1-2-7-13-8-11-14-10-6-4-3-5-9(10)12(16)15-11/h2-6,13H,1,7-8H2,(H,14,15,16). The van der Waals surface area contributed by atoms with Crippen molar-refractivity contribution >= 4 is 10.9 Å². The smallest absolute Gasteiger partial charge is 0.258 e. The molecule has 0 radical (unpaired) electrons. The van der Waals surface area contributed by atoms with Gasteiger partial charge in [0.05, 0.1) is 17.4 Å². The fraction of sp³-hybridized carbons (Fsp3) is 0.167. The number of benzene rings is 1. The van der Waals surface area contributed by atoms with Crippen molar-refractivity contribution in [2.24, 2.45) is 0 Å². The molecule has 0 atom stereocenters. The number of nitrogens with one attached hydrogen (secondary N) is 2. The first-order chi connectivity index (χ1) is 7.81. The molecule has 0 aliphatic carbocycles. The topological polar surface area (TPSA) is 57.8 Å². The second kappa shape index (κ2) is 4.72. The molecule has 0 unspecified atom stereocenters. The van der Waals surface area contributed by atoms with E-state index < -0.39 is 0 Å². The molecule has 0 fully saturated rings. The van der Waals surface area contributed by atoms with Crippen LogP contribution >= 0.6 is 0 Å². The Labute approximate surface area is 93.0 Å². The summed E-state index contributed by atoms with van der Waals surface area (Å²) in [6.45, 7) is 4.83. The molecule has 0 amide bonds. The third-order valence-electron chi connectivity index (χ3n) is 2.24. The summed E-state index contributed by atoms with van der Waals surface area (Å²) in [6, 6.07) is 7.30. The van der Waals surface area contributed by atoms with Gasteiger partial charge in [0, 0.05) is 6.54 Å². The quantitative estimate of drug-likeness (QED) is 0.595. The maximum absolute atomic E-state index is 11.7. The number of rotatable bonds is 4. The summed E-state index contributed by atoms with van der Waals surface area (Å²) in [5.41, 5.74) is 0.627. The van der Waals surface area contributed by atoms with E-state index >= 15 is 0 Å². The van der Waals surface area contributed by atoms with Gasteiger partial charge in [-0.25, -0.2) is 4.98 Å². The Hall–Kier alpha value is -1.94. The Morgan fingerprint density at radius 2 is 2.25 bits per heavy atom. The van der Waals surface area contributed by atoms with Gasteiger partial charge in [-0.15, -0.1) is 6.58 Å². The molecule has 0 aliphatic heterocycles. The molecule has 82 valence electrons. The van der Waals surface area contributed by atoms with E-state index in [1.807, 2.05) is 18.2 Å². The Morgan fingerprint density at radius 1 is 1.44 bits per heavy atom. The molecule has 1 heterocycles. The molecular formula is C12H13N3O. The fourth-order valence-corrected chi connectivity index (χ4v) is 1.51. The molecule has 0 aliphatic rings. The fourth-order valence-electron chi connectivity index (χ4n) is 1.51. The highest BCUT2D eigenvalue weighted by atomic mass is 16.1. The third-order valence-corrected chi connectivity index (χ3v) is 2.24. The van der Waals surface area contributed by atoms with Gasteiger partial charge in [-0.2, -0.15) is 0 Å². The molecule has 1 aromatic carbocycles. The predicted octanol–water partition coefficient (Wildman–Crippen LogP) is 1.20. The van der Waals surface area contributed by atoms with Crippen molar-refractivity contribution in [3.63, 3.8) is 0 Å².